The Hall–Kier alpha value is -2.82. The van der Waals surface area contributed by atoms with Crippen LogP contribution in [0.4, 0.5) is 9.59 Å². The Morgan fingerprint density at radius 2 is 0.818 bits per heavy atom. The van der Waals surface area contributed by atoms with E-state index in [1.165, 1.54) is 84.7 Å². The maximum absolute atomic E-state index is 9.92. The Morgan fingerprint density at radius 1 is 0.582 bits per heavy atom. The number of amides is 3. The van der Waals surface area contributed by atoms with Gasteiger partial charge in [-0.25, -0.2) is 9.59 Å². The lowest BCUT2D eigenvalue weighted by atomic mass is 10.7. The van der Waals surface area contributed by atoms with Gasteiger partial charge in [-0.05, 0) is 26.6 Å². The highest BCUT2D eigenvalue weighted by molar-refractivity contribution is 7.97. The van der Waals surface area contributed by atoms with Crippen molar-refractivity contribution < 1.29 is 90.6 Å². The van der Waals surface area contributed by atoms with E-state index in [4.69, 9.17) is 0 Å². The van der Waals surface area contributed by atoms with Crippen molar-refractivity contribution in [3.63, 3.8) is 0 Å². The van der Waals surface area contributed by atoms with E-state index in [0.717, 1.165) is 14.2 Å². The molecule has 0 heterocycles. The standard InChI is InChI=1S/C3H7NO2.2C3H7NO.C3H6O3.C3H6O2.C2H7N.C2H6O4S.C2H6O3P.C2H6O3S.C2H6O.C2H6S/c1-4-3(5)6-2;2*1-3(5)4-2;1-5-3(4)6-2;1-3(4)5-2;1-3-2;1-5-7(3,4)6-2;2*1-4-6(3)5-2;2*1-3-2/h1-2H3,(H,4,5);2*1-2H3,(H,4,5);1-2H3;1-2H3;3H,1-2H3;1-2H3;2*1-2H3;2*1-2H3/q;;;;;;;+1;;;. The molecule has 0 unspecified atom stereocenters. The number of methoxy groups -OCH3 is 5. The van der Waals surface area contributed by atoms with E-state index >= 15 is 0 Å². The van der Waals surface area contributed by atoms with Gasteiger partial charge in [0.15, 0.2) is 0 Å². The average Bonchev–Trinajstić information content (AvgIpc) is 3.18. The zero-order valence-electron chi connectivity index (χ0n) is 36.3. The van der Waals surface area contributed by atoms with Crippen molar-refractivity contribution in [2.75, 3.05) is 133 Å². The van der Waals surface area contributed by atoms with Gasteiger partial charge in [0.1, 0.15) is 0 Å². The normalized spacial score (nSPS) is 7.84. The third kappa shape index (κ3) is 195. The first-order chi connectivity index (χ1) is 25.4. The molecular weight excluding hydrogens is 827 g/mol. The zero-order chi connectivity index (χ0) is 46.9. The minimum atomic E-state index is -3.66. The van der Waals surface area contributed by atoms with Gasteiger partial charge in [-0.3, -0.25) is 31.1 Å². The number of rotatable bonds is 6. The van der Waals surface area contributed by atoms with Crippen LogP contribution in [0.5, 0.6) is 0 Å². The molecule has 24 nitrogen and oxygen atoms in total. The molecule has 55 heavy (non-hydrogen) atoms. The van der Waals surface area contributed by atoms with E-state index in [9.17, 15) is 41.2 Å². The van der Waals surface area contributed by atoms with Crippen LogP contribution < -0.4 is 21.3 Å². The second kappa shape index (κ2) is 79.8. The number of nitrogens with one attached hydrogen (secondary N) is 4. The van der Waals surface area contributed by atoms with E-state index in [-0.39, 0.29) is 17.8 Å². The maximum Gasteiger partial charge on any atom is 0.696 e. The quantitative estimate of drug-likeness (QED) is 0.167. The van der Waals surface area contributed by atoms with Crippen molar-refractivity contribution in [1.29, 1.82) is 0 Å². The molecule has 0 saturated carbocycles. The molecule has 28 heteroatoms. The van der Waals surface area contributed by atoms with Gasteiger partial charge in [0.25, 0.3) is 0 Å². The van der Waals surface area contributed by atoms with Crippen molar-refractivity contribution in [2.45, 2.75) is 20.8 Å². The molecule has 0 aromatic rings. The second-order valence-corrected chi connectivity index (χ2v) is 11.4. The van der Waals surface area contributed by atoms with Crippen molar-refractivity contribution in [2.24, 2.45) is 0 Å². The number of carbonyl (C=O) groups excluding carboxylic acids is 5. The number of carbonyl (C=O) groups is 5. The van der Waals surface area contributed by atoms with E-state index in [1.54, 1.807) is 40.1 Å². The molecule has 0 aromatic heterocycles. The van der Waals surface area contributed by atoms with Crippen LogP contribution in [-0.4, -0.2) is 176 Å². The fraction of sp³-hybridized carbons (Fsp3) is 0.815. The number of ether oxygens (including phenoxy) is 5. The van der Waals surface area contributed by atoms with Crippen molar-refractivity contribution in [3.05, 3.63) is 0 Å². The summed E-state index contributed by atoms with van der Waals surface area (Å²) in [6, 6.07) is 0. The smallest absolute Gasteiger partial charge is 0.469 e. The molecule has 0 rings (SSSR count). The summed E-state index contributed by atoms with van der Waals surface area (Å²) in [5, 5.41) is 9.78. The Labute approximate surface area is 336 Å². The van der Waals surface area contributed by atoms with Crippen LogP contribution in [0.15, 0.2) is 0 Å². The number of alkyl carbamates (subject to hydrolysis) is 1. The van der Waals surface area contributed by atoms with Crippen molar-refractivity contribution >= 4 is 71.8 Å². The summed E-state index contributed by atoms with van der Waals surface area (Å²) in [4.78, 5) is 48.6. The fourth-order valence-electron chi connectivity index (χ4n) is 0.396. The molecule has 0 aliphatic rings. The SMILES string of the molecule is CNC.CNC(=O)OC.CNC(C)=O.CNC(C)=O.COC.COC(=O)OC.COC(C)=O.COS(=O)(=O)OC.COS(=O)OC.CO[P+](=O)OC.CSC. The molecule has 0 spiro atoms. The molecule has 0 aliphatic heterocycles. The maximum atomic E-state index is 9.92. The van der Waals surface area contributed by atoms with Gasteiger partial charge in [0.2, 0.25) is 11.8 Å². The highest BCUT2D eigenvalue weighted by Crippen LogP contribution is 2.18. The highest BCUT2D eigenvalue weighted by atomic mass is 32.3. The van der Waals surface area contributed by atoms with Gasteiger partial charge in [0.05, 0.1) is 71.1 Å². The van der Waals surface area contributed by atoms with E-state index in [1.807, 2.05) is 26.6 Å². The number of hydrogen-bond donors (Lipinski definition) is 4. The fourth-order valence-corrected chi connectivity index (χ4v) is 0.817. The van der Waals surface area contributed by atoms with Gasteiger partial charge >= 0.3 is 48.2 Å². The summed E-state index contributed by atoms with van der Waals surface area (Å²) in [7, 11) is 18.7. The molecule has 340 valence electrons. The monoisotopic (exact) mass is 897 g/mol. The van der Waals surface area contributed by atoms with Gasteiger partial charge in [-0.2, -0.15) is 24.4 Å². The Bertz CT molecular complexity index is 804. The van der Waals surface area contributed by atoms with Gasteiger partial charge in [-0.1, -0.05) is 0 Å². The van der Waals surface area contributed by atoms with Crippen LogP contribution in [0.25, 0.3) is 0 Å². The van der Waals surface area contributed by atoms with Crippen LogP contribution in [-0.2, 0) is 90.2 Å². The van der Waals surface area contributed by atoms with Crippen LogP contribution in [0.3, 0.4) is 0 Å². The predicted molar refractivity (Wildman–Crippen MR) is 212 cm³/mol. The first kappa shape index (κ1) is 80.6. The van der Waals surface area contributed by atoms with Crippen molar-refractivity contribution in [3.8, 4) is 0 Å². The van der Waals surface area contributed by atoms with E-state index < -0.39 is 42.3 Å². The van der Waals surface area contributed by atoms with Crippen molar-refractivity contribution in [1.82, 2.24) is 21.3 Å². The lowest BCUT2D eigenvalue weighted by molar-refractivity contribution is -0.138. The molecule has 0 bridgehead atoms. The summed E-state index contributed by atoms with van der Waals surface area (Å²) in [5.41, 5.74) is 0. The summed E-state index contributed by atoms with van der Waals surface area (Å²) in [6.45, 7) is 4.31. The molecule has 0 fully saturated rings. The van der Waals surface area contributed by atoms with Gasteiger partial charge < -0.3 is 45.0 Å². The first-order valence-electron chi connectivity index (χ1n) is 14.0. The number of esters is 1. The minimum Gasteiger partial charge on any atom is -0.469 e. The molecule has 4 N–H and O–H groups in total. The van der Waals surface area contributed by atoms with Gasteiger partial charge in [-0.15, -0.1) is 9.05 Å². The molecule has 0 radical (unpaired) electrons. The second-order valence-electron chi connectivity index (χ2n) is 6.89. The third-order valence-electron chi connectivity index (χ3n) is 2.69. The minimum absolute atomic E-state index is 0.00463. The Morgan fingerprint density at radius 3 is 0.818 bits per heavy atom. The lowest BCUT2D eigenvalue weighted by Gasteiger charge is -1.91. The van der Waals surface area contributed by atoms with E-state index in [2.05, 4.69) is 70.7 Å². The summed E-state index contributed by atoms with van der Waals surface area (Å²) in [6.07, 6.45) is 3.02. The first-order valence-corrected chi connectivity index (χ1v) is 19.1. The van der Waals surface area contributed by atoms with Crippen LogP contribution in [0, 0.1) is 0 Å². The topological polar surface area (TPSA) is 303 Å². The number of hydrogen-bond acceptors (Lipinski definition) is 22. The molecule has 3 amide bonds. The molecule has 0 saturated heterocycles. The van der Waals surface area contributed by atoms with Crippen LogP contribution in [0.1, 0.15) is 20.8 Å². The van der Waals surface area contributed by atoms with Crippen LogP contribution >= 0.6 is 20.0 Å². The molecule has 0 aromatic carbocycles. The van der Waals surface area contributed by atoms with E-state index in [0.29, 0.717) is 0 Å². The average molecular weight is 898 g/mol. The molecule has 0 atom stereocenters. The Kier molecular flexibility index (Phi) is 117. The zero-order valence-corrected chi connectivity index (χ0v) is 39.7. The Balaban J connectivity index is -0.0000000434. The predicted octanol–water partition coefficient (Wildman–Crippen LogP) is 1.45. The summed E-state index contributed by atoms with van der Waals surface area (Å²) >= 11 is 0.216. The molecular formula is C27H70N4O20PS3+. The number of thioether (sulfide) groups is 1. The highest BCUT2D eigenvalue weighted by Gasteiger charge is 2.10. The molecule has 0 aliphatic carbocycles. The largest absolute Gasteiger partial charge is 0.696 e. The summed E-state index contributed by atoms with van der Waals surface area (Å²) < 4.78 is 84.5. The lowest BCUT2D eigenvalue weighted by Crippen LogP contribution is -2.16. The third-order valence-corrected chi connectivity index (χ3v) is 4.65. The summed E-state index contributed by atoms with van der Waals surface area (Å²) in [5.74, 6) is -0.236. The van der Waals surface area contributed by atoms with Gasteiger partial charge in [0, 0.05) is 60.7 Å². The van der Waals surface area contributed by atoms with Crippen LogP contribution in [0.2, 0.25) is 0 Å².